The number of nitrogens with zero attached hydrogens (tertiary/aromatic N) is 2. The molecule has 0 aromatic rings. The average molecular weight is 253 g/mol. The lowest BCUT2D eigenvalue weighted by Gasteiger charge is -2.21. The van der Waals surface area contributed by atoms with Crippen molar-refractivity contribution < 1.29 is 0 Å². The van der Waals surface area contributed by atoms with Crippen molar-refractivity contribution in [2.24, 2.45) is 10.9 Å². The van der Waals surface area contributed by atoms with Crippen LogP contribution in [-0.4, -0.2) is 47.0 Å². The summed E-state index contributed by atoms with van der Waals surface area (Å²) >= 11 is 1.92. The van der Waals surface area contributed by atoms with Crippen molar-refractivity contribution >= 4 is 16.9 Å². The molecule has 2 saturated heterocycles. The summed E-state index contributed by atoms with van der Waals surface area (Å²) < 4.78 is 0. The normalized spacial score (nSPS) is 37.6. The number of thioether (sulfide) groups is 1. The molecule has 4 heteroatoms. The van der Waals surface area contributed by atoms with Gasteiger partial charge in [-0.1, -0.05) is 25.6 Å². The highest BCUT2D eigenvalue weighted by Crippen LogP contribution is 2.29. The Morgan fingerprint density at radius 2 is 2.24 bits per heavy atom. The highest BCUT2D eigenvalue weighted by molar-refractivity contribution is 8.14. The lowest BCUT2D eigenvalue weighted by atomic mass is 10.1. The number of amidine groups is 1. The van der Waals surface area contributed by atoms with Gasteiger partial charge in [-0.2, -0.15) is 0 Å². The molecule has 1 N–H and O–H groups in total. The quantitative estimate of drug-likeness (QED) is 0.815. The Hall–Kier alpha value is -0.220. The van der Waals surface area contributed by atoms with Gasteiger partial charge in [0, 0.05) is 24.4 Å². The molecule has 3 heterocycles. The zero-order chi connectivity index (χ0) is 11.8. The second-order valence-electron chi connectivity index (χ2n) is 5.84. The number of aliphatic imine (C=N–C) groups is 1. The van der Waals surface area contributed by atoms with E-state index in [1.165, 1.54) is 43.3 Å². The molecule has 3 nitrogen and oxygen atoms in total. The topological polar surface area (TPSA) is 27.6 Å². The van der Waals surface area contributed by atoms with Crippen molar-refractivity contribution in [2.45, 2.75) is 51.2 Å². The second-order valence-corrected chi connectivity index (χ2v) is 6.85. The minimum absolute atomic E-state index is 0.531. The molecule has 0 bridgehead atoms. The van der Waals surface area contributed by atoms with Gasteiger partial charge in [0.15, 0.2) is 5.17 Å². The first-order chi connectivity index (χ1) is 8.24. The van der Waals surface area contributed by atoms with Gasteiger partial charge in [-0.25, -0.2) is 0 Å². The summed E-state index contributed by atoms with van der Waals surface area (Å²) in [6.45, 7) is 7.14. The number of rotatable bonds is 2. The van der Waals surface area contributed by atoms with E-state index < -0.39 is 0 Å². The number of hydrogen-bond donors (Lipinski definition) is 1. The molecular weight excluding hydrogens is 230 g/mol. The zero-order valence-corrected chi connectivity index (χ0v) is 11.7. The third kappa shape index (κ3) is 2.34. The first kappa shape index (κ1) is 11.8. The molecule has 2 fully saturated rings. The monoisotopic (exact) mass is 253 g/mol. The van der Waals surface area contributed by atoms with Gasteiger partial charge < -0.3 is 5.32 Å². The van der Waals surface area contributed by atoms with Gasteiger partial charge in [0.25, 0.3) is 0 Å². The molecule has 3 aliphatic rings. The van der Waals surface area contributed by atoms with Crippen molar-refractivity contribution in [3.63, 3.8) is 0 Å². The van der Waals surface area contributed by atoms with Crippen molar-refractivity contribution in [1.29, 1.82) is 0 Å². The highest BCUT2D eigenvalue weighted by Gasteiger charge is 2.38. The Labute approximate surface area is 108 Å². The Morgan fingerprint density at radius 1 is 1.35 bits per heavy atom. The van der Waals surface area contributed by atoms with E-state index in [0.717, 1.165) is 6.04 Å². The van der Waals surface area contributed by atoms with Crippen LogP contribution in [0.15, 0.2) is 4.99 Å². The van der Waals surface area contributed by atoms with Gasteiger partial charge in [-0.05, 0) is 31.7 Å². The molecular formula is C13H23N3S. The molecule has 2 unspecified atom stereocenters. The summed E-state index contributed by atoms with van der Waals surface area (Å²) in [6.07, 6.45) is 4.07. The Bertz CT molecular complexity index is 316. The van der Waals surface area contributed by atoms with E-state index in [1.54, 1.807) is 0 Å². The Morgan fingerprint density at radius 3 is 3.00 bits per heavy atom. The van der Waals surface area contributed by atoms with Crippen LogP contribution >= 0.6 is 11.8 Å². The molecule has 0 radical (unpaired) electrons. The van der Waals surface area contributed by atoms with Crippen LogP contribution in [0.4, 0.5) is 0 Å². The molecule has 0 spiro atoms. The highest BCUT2D eigenvalue weighted by atomic mass is 32.2. The van der Waals surface area contributed by atoms with Crippen molar-refractivity contribution in [3.8, 4) is 0 Å². The zero-order valence-electron chi connectivity index (χ0n) is 10.9. The lowest BCUT2D eigenvalue weighted by molar-refractivity contribution is 0.308. The van der Waals surface area contributed by atoms with E-state index in [1.807, 2.05) is 11.8 Å². The molecule has 0 aromatic heterocycles. The van der Waals surface area contributed by atoms with E-state index in [2.05, 4.69) is 24.1 Å². The molecule has 3 atom stereocenters. The van der Waals surface area contributed by atoms with E-state index in [4.69, 9.17) is 4.99 Å². The lowest BCUT2D eigenvalue weighted by Crippen LogP contribution is -2.41. The van der Waals surface area contributed by atoms with Gasteiger partial charge >= 0.3 is 0 Å². The van der Waals surface area contributed by atoms with Crippen LogP contribution in [0.1, 0.15) is 33.1 Å². The SMILES string of the molecule is CC(C)[C@H]1CSC(NC2CCN3CCCC23)=N1. The fourth-order valence-corrected chi connectivity index (χ4v) is 4.45. The van der Waals surface area contributed by atoms with E-state index in [9.17, 15) is 0 Å². The third-order valence-electron chi connectivity index (χ3n) is 4.36. The van der Waals surface area contributed by atoms with Crippen LogP contribution in [0.25, 0.3) is 0 Å². The Kier molecular flexibility index (Phi) is 3.35. The average Bonchev–Trinajstić information content (AvgIpc) is 2.96. The van der Waals surface area contributed by atoms with Crippen LogP contribution in [-0.2, 0) is 0 Å². The fourth-order valence-electron chi connectivity index (χ4n) is 3.22. The molecule has 0 aliphatic carbocycles. The first-order valence-electron chi connectivity index (χ1n) is 6.95. The van der Waals surface area contributed by atoms with Crippen LogP contribution in [0.2, 0.25) is 0 Å². The molecule has 96 valence electrons. The van der Waals surface area contributed by atoms with Crippen molar-refractivity contribution in [2.75, 3.05) is 18.8 Å². The molecule has 17 heavy (non-hydrogen) atoms. The van der Waals surface area contributed by atoms with Crippen molar-refractivity contribution in [3.05, 3.63) is 0 Å². The molecule has 0 amide bonds. The number of fused-ring (bicyclic) bond motifs is 1. The largest absolute Gasteiger partial charge is 0.361 e. The summed E-state index contributed by atoms with van der Waals surface area (Å²) in [5.41, 5.74) is 0. The predicted octanol–water partition coefficient (Wildman–Crippen LogP) is 1.94. The van der Waals surface area contributed by atoms with Gasteiger partial charge in [-0.3, -0.25) is 9.89 Å². The van der Waals surface area contributed by atoms with Crippen LogP contribution in [0, 0.1) is 5.92 Å². The van der Waals surface area contributed by atoms with Crippen LogP contribution < -0.4 is 5.32 Å². The Balaban J connectivity index is 1.59. The predicted molar refractivity (Wildman–Crippen MR) is 74.7 cm³/mol. The summed E-state index contributed by atoms with van der Waals surface area (Å²) in [5, 5.41) is 4.92. The summed E-state index contributed by atoms with van der Waals surface area (Å²) in [5.74, 6) is 1.84. The smallest absolute Gasteiger partial charge is 0.157 e. The molecule has 0 saturated carbocycles. The van der Waals surface area contributed by atoms with Crippen molar-refractivity contribution in [1.82, 2.24) is 10.2 Å². The van der Waals surface area contributed by atoms with Crippen LogP contribution in [0.3, 0.4) is 0 Å². The number of nitrogens with one attached hydrogen (secondary N) is 1. The van der Waals surface area contributed by atoms with Gasteiger partial charge in [-0.15, -0.1) is 0 Å². The maximum absolute atomic E-state index is 4.82. The fraction of sp³-hybridized carbons (Fsp3) is 0.923. The summed E-state index contributed by atoms with van der Waals surface area (Å²) in [6, 6.07) is 1.98. The summed E-state index contributed by atoms with van der Waals surface area (Å²) in [7, 11) is 0. The van der Waals surface area contributed by atoms with Gasteiger partial charge in [0.05, 0.1) is 6.04 Å². The van der Waals surface area contributed by atoms with Gasteiger partial charge in [0.1, 0.15) is 0 Å². The maximum Gasteiger partial charge on any atom is 0.157 e. The van der Waals surface area contributed by atoms with E-state index in [0.29, 0.717) is 18.0 Å². The minimum Gasteiger partial charge on any atom is -0.361 e. The van der Waals surface area contributed by atoms with Gasteiger partial charge in [0.2, 0.25) is 0 Å². The van der Waals surface area contributed by atoms with E-state index in [-0.39, 0.29) is 0 Å². The molecule has 0 aromatic carbocycles. The summed E-state index contributed by atoms with van der Waals surface area (Å²) in [4.78, 5) is 7.47. The standard InChI is InChI=1S/C13H23N3S/c1-9(2)11-8-17-13(15-11)14-10-5-7-16-6-3-4-12(10)16/h9-12H,3-8H2,1-2H3,(H,14,15)/t10?,11-,12?/m1/s1. The molecule has 3 rings (SSSR count). The van der Waals surface area contributed by atoms with Crippen LogP contribution in [0.5, 0.6) is 0 Å². The third-order valence-corrected chi connectivity index (χ3v) is 5.36. The minimum atomic E-state index is 0.531. The second kappa shape index (κ2) is 4.81. The number of hydrogen-bond acceptors (Lipinski definition) is 4. The first-order valence-corrected chi connectivity index (χ1v) is 7.94. The molecule has 3 aliphatic heterocycles. The van der Waals surface area contributed by atoms with E-state index >= 15 is 0 Å². The maximum atomic E-state index is 4.82.